The van der Waals surface area contributed by atoms with Crippen LogP contribution in [-0.2, 0) is 9.59 Å². The summed E-state index contributed by atoms with van der Waals surface area (Å²) in [5.41, 5.74) is 2.33. The number of ether oxygens (including phenoxy) is 1. The summed E-state index contributed by atoms with van der Waals surface area (Å²) in [4.78, 5) is 31.6. The van der Waals surface area contributed by atoms with Crippen molar-refractivity contribution in [2.45, 2.75) is 19.4 Å². The molecule has 1 heterocycles. The number of ketones is 1. The lowest BCUT2D eigenvalue weighted by Gasteiger charge is -2.27. The molecule has 0 aliphatic carbocycles. The first kappa shape index (κ1) is 24.3. The van der Waals surface area contributed by atoms with Crippen molar-refractivity contribution in [1.29, 1.82) is 0 Å². The first-order valence-electron chi connectivity index (χ1n) is 11.2. The van der Waals surface area contributed by atoms with Crippen LogP contribution in [0.1, 0.15) is 30.5 Å². The molecule has 0 saturated carbocycles. The van der Waals surface area contributed by atoms with E-state index in [9.17, 15) is 14.7 Å². The SMILES string of the molecule is CCCOc1cccc(C(O)=C2C(=O)C(=O)N(CCN(C)C)C2c2ccc(N(C)C)cc2)c1. The van der Waals surface area contributed by atoms with Gasteiger partial charge in [-0.1, -0.05) is 31.2 Å². The summed E-state index contributed by atoms with van der Waals surface area (Å²) in [7, 11) is 7.73. The van der Waals surface area contributed by atoms with Crippen LogP contribution in [0.15, 0.2) is 54.1 Å². The summed E-state index contributed by atoms with van der Waals surface area (Å²) in [6.07, 6.45) is 0.857. The molecule has 3 rings (SSSR count). The highest BCUT2D eigenvalue weighted by atomic mass is 16.5. The molecular weight excluding hydrogens is 418 g/mol. The number of benzene rings is 2. The molecule has 176 valence electrons. The minimum absolute atomic E-state index is 0.101. The molecule has 2 aromatic rings. The van der Waals surface area contributed by atoms with E-state index < -0.39 is 17.7 Å². The van der Waals surface area contributed by atoms with Crippen LogP contribution in [0.2, 0.25) is 0 Å². The number of carbonyl (C=O) groups excluding carboxylic acids is 2. The molecule has 1 saturated heterocycles. The molecule has 1 unspecified atom stereocenters. The van der Waals surface area contributed by atoms with Crippen molar-refractivity contribution in [1.82, 2.24) is 9.80 Å². The molecule has 1 N–H and O–H groups in total. The third kappa shape index (κ3) is 5.37. The van der Waals surface area contributed by atoms with Gasteiger partial charge in [-0.15, -0.1) is 0 Å². The first-order valence-corrected chi connectivity index (χ1v) is 11.2. The molecule has 2 aromatic carbocycles. The van der Waals surface area contributed by atoms with E-state index >= 15 is 0 Å². The Labute approximate surface area is 195 Å². The van der Waals surface area contributed by atoms with Gasteiger partial charge in [-0.05, 0) is 50.3 Å². The van der Waals surface area contributed by atoms with Crippen LogP contribution in [-0.4, -0.2) is 74.5 Å². The Morgan fingerprint density at radius 2 is 1.76 bits per heavy atom. The molecule has 1 fully saturated rings. The Morgan fingerprint density at radius 3 is 2.36 bits per heavy atom. The first-order chi connectivity index (χ1) is 15.7. The standard InChI is InChI=1S/C26H33N3O4/c1-6-16-33-21-9-7-8-19(17-21)24(30)22-23(18-10-12-20(13-11-18)28(4)5)29(15-14-27(2)3)26(32)25(22)31/h7-13,17,23,30H,6,14-16H2,1-5H3. The number of likely N-dealkylation sites (tertiary alicyclic amines) is 1. The van der Waals surface area contributed by atoms with Crippen LogP contribution < -0.4 is 9.64 Å². The number of amides is 1. The van der Waals surface area contributed by atoms with Crippen LogP contribution in [0, 0.1) is 0 Å². The molecule has 7 nitrogen and oxygen atoms in total. The predicted molar refractivity (Wildman–Crippen MR) is 131 cm³/mol. The van der Waals surface area contributed by atoms with Crippen molar-refractivity contribution in [3.8, 4) is 5.75 Å². The summed E-state index contributed by atoms with van der Waals surface area (Å²) >= 11 is 0. The molecule has 1 amide bonds. The zero-order valence-electron chi connectivity index (χ0n) is 20.0. The summed E-state index contributed by atoms with van der Waals surface area (Å²) in [6, 6.07) is 14.0. The zero-order chi connectivity index (χ0) is 24.1. The van der Waals surface area contributed by atoms with E-state index in [-0.39, 0.29) is 11.3 Å². The topological polar surface area (TPSA) is 73.3 Å². The smallest absolute Gasteiger partial charge is 0.295 e. The van der Waals surface area contributed by atoms with E-state index in [4.69, 9.17) is 4.74 Å². The number of rotatable bonds is 9. The second-order valence-electron chi connectivity index (χ2n) is 8.66. The molecule has 1 aliphatic rings. The third-order valence-electron chi connectivity index (χ3n) is 5.63. The molecule has 0 aromatic heterocycles. The average molecular weight is 452 g/mol. The minimum atomic E-state index is -0.673. The maximum Gasteiger partial charge on any atom is 0.295 e. The Hall–Kier alpha value is -3.32. The van der Waals surface area contributed by atoms with Gasteiger partial charge in [0.2, 0.25) is 0 Å². The Bertz CT molecular complexity index is 1030. The van der Waals surface area contributed by atoms with E-state index in [0.717, 1.165) is 17.7 Å². The molecular formula is C26H33N3O4. The van der Waals surface area contributed by atoms with Crippen molar-refractivity contribution in [3.05, 3.63) is 65.2 Å². The van der Waals surface area contributed by atoms with Crippen molar-refractivity contribution >= 4 is 23.1 Å². The molecule has 1 aliphatic heterocycles. The highest BCUT2D eigenvalue weighted by Gasteiger charge is 2.45. The highest BCUT2D eigenvalue weighted by molar-refractivity contribution is 6.46. The monoisotopic (exact) mass is 451 g/mol. The van der Waals surface area contributed by atoms with Gasteiger partial charge in [-0.2, -0.15) is 0 Å². The molecule has 1 atom stereocenters. The Kier molecular flexibility index (Phi) is 7.76. The summed E-state index contributed by atoms with van der Waals surface area (Å²) in [5.74, 6) is -0.856. The molecule has 33 heavy (non-hydrogen) atoms. The number of Topliss-reactive ketones (excluding diaryl/α,β-unsaturated/α-hetero) is 1. The van der Waals surface area contributed by atoms with Gasteiger partial charge >= 0.3 is 0 Å². The number of hydrogen-bond donors (Lipinski definition) is 1. The largest absolute Gasteiger partial charge is 0.507 e. The van der Waals surface area contributed by atoms with Crippen molar-refractivity contribution in [3.63, 3.8) is 0 Å². The number of nitrogens with zero attached hydrogens (tertiary/aromatic N) is 3. The van der Waals surface area contributed by atoms with E-state index in [2.05, 4.69) is 0 Å². The number of carbonyl (C=O) groups is 2. The quantitative estimate of drug-likeness (QED) is 0.357. The minimum Gasteiger partial charge on any atom is -0.507 e. The van der Waals surface area contributed by atoms with Crippen LogP contribution in [0.25, 0.3) is 5.76 Å². The van der Waals surface area contributed by atoms with Crippen LogP contribution >= 0.6 is 0 Å². The fraction of sp³-hybridized carbons (Fsp3) is 0.385. The van der Waals surface area contributed by atoms with Gasteiger partial charge in [0.05, 0.1) is 18.2 Å². The maximum absolute atomic E-state index is 13.1. The molecule has 0 spiro atoms. The summed E-state index contributed by atoms with van der Waals surface area (Å²) in [5, 5.41) is 11.2. The second-order valence-corrected chi connectivity index (χ2v) is 8.66. The predicted octanol–water partition coefficient (Wildman–Crippen LogP) is 3.52. The van der Waals surface area contributed by atoms with Gasteiger partial charge in [-0.3, -0.25) is 9.59 Å². The average Bonchev–Trinajstić information content (AvgIpc) is 3.05. The Balaban J connectivity index is 2.10. The number of anilines is 1. The summed E-state index contributed by atoms with van der Waals surface area (Å²) < 4.78 is 5.68. The second kappa shape index (κ2) is 10.5. The third-order valence-corrected chi connectivity index (χ3v) is 5.63. The number of aliphatic hydroxyl groups is 1. The van der Waals surface area contributed by atoms with Crippen molar-refractivity contribution in [2.24, 2.45) is 0 Å². The van der Waals surface area contributed by atoms with Crippen molar-refractivity contribution < 1.29 is 19.4 Å². The summed E-state index contributed by atoms with van der Waals surface area (Å²) in [6.45, 7) is 3.53. The van der Waals surface area contributed by atoms with Crippen LogP contribution in [0.3, 0.4) is 0 Å². The maximum atomic E-state index is 13.1. The van der Waals surface area contributed by atoms with Gasteiger partial charge in [-0.25, -0.2) is 0 Å². The molecule has 0 radical (unpaired) electrons. The van der Waals surface area contributed by atoms with Gasteiger partial charge < -0.3 is 24.5 Å². The van der Waals surface area contributed by atoms with E-state index in [1.54, 1.807) is 29.2 Å². The fourth-order valence-electron chi connectivity index (χ4n) is 3.83. The molecule has 0 bridgehead atoms. The number of hydrogen-bond acceptors (Lipinski definition) is 6. The van der Waals surface area contributed by atoms with E-state index in [1.807, 2.05) is 69.2 Å². The Morgan fingerprint density at radius 1 is 1.06 bits per heavy atom. The van der Waals surface area contributed by atoms with E-state index in [0.29, 0.717) is 31.0 Å². The highest BCUT2D eigenvalue weighted by Crippen LogP contribution is 2.40. The zero-order valence-corrected chi connectivity index (χ0v) is 20.0. The van der Waals surface area contributed by atoms with Gasteiger partial charge in [0.25, 0.3) is 11.7 Å². The van der Waals surface area contributed by atoms with Gasteiger partial charge in [0.15, 0.2) is 0 Å². The number of likely N-dealkylation sites (N-methyl/N-ethyl adjacent to an activating group) is 1. The lowest BCUT2D eigenvalue weighted by molar-refractivity contribution is -0.140. The lowest BCUT2D eigenvalue weighted by Crippen LogP contribution is -2.35. The van der Waals surface area contributed by atoms with E-state index in [1.165, 1.54) is 0 Å². The van der Waals surface area contributed by atoms with Crippen molar-refractivity contribution in [2.75, 3.05) is 52.8 Å². The van der Waals surface area contributed by atoms with Crippen LogP contribution in [0.4, 0.5) is 5.69 Å². The van der Waals surface area contributed by atoms with Gasteiger partial charge in [0, 0.05) is 38.4 Å². The normalized spacial score (nSPS) is 17.6. The van der Waals surface area contributed by atoms with Crippen LogP contribution in [0.5, 0.6) is 5.75 Å². The fourth-order valence-corrected chi connectivity index (χ4v) is 3.83. The number of aliphatic hydroxyl groups excluding tert-OH is 1. The van der Waals surface area contributed by atoms with Gasteiger partial charge in [0.1, 0.15) is 11.5 Å². The molecule has 7 heteroatoms. The lowest BCUT2D eigenvalue weighted by atomic mass is 9.95.